The van der Waals surface area contributed by atoms with E-state index < -0.39 is 0 Å². The number of carbonyl (C=O) groups is 1. The minimum atomic E-state index is -0.362. The molecule has 7 heteroatoms. The molecule has 1 aromatic carbocycles. The predicted octanol–water partition coefficient (Wildman–Crippen LogP) is 3.31. The van der Waals surface area contributed by atoms with Crippen LogP contribution in [0, 0.1) is 12.7 Å². The molecule has 1 N–H and O–H groups in total. The van der Waals surface area contributed by atoms with Crippen molar-refractivity contribution in [2.24, 2.45) is 5.10 Å². The number of hydrogen-bond acceptors (Lipinski definition) is 3. The minimum Gasteiger partial charge on any atom is -0.295 e. The van der Waals surface area contributed by atoms with Gasteiger partial charge in [0.25, 0.3) is 5.91 Å². The number of nitrogens with zero attached hydrogens (tertiary/aromatic N) is 3. The Morgan fingerprint density at radius 1 is 1.39 bits per heavy atom. The molecule has 23 heavy (non-hydrogen) atoms. The number of carbonyl (C=O) groups excluding carboxylic acids is 1. The lowest BCUT2D eigenvalue weighted by Crippen LogP contribution is -2.20. The summed E-state index contributed by atoms with van der Waals surface area (Å²) in [6.45, 7) is 1.77. The first kappa shape index (κ1) is 15.4. The zero-order chi connectivity index (χ0) is 16.4. The van der Waals surface area contributed by atoms with E-state index in [1.165, 1.54) is 12.3 Å². The van der Waals surface area contributed by atoms with Crippen molar-refractivity contribution in [2.45, 2.75) is 6.92 Å². The van der Waals surface area contributed by atoms with Gasteiger partial charge in [0, 0.05) is 6.20 Å². The molecule has 0 bridgehead atoms. The number of aromatic nitrogens is 2. The largest absolute Gasteiger partial charge is 0.295 e. The summed E-state index contributed by atoms with van der Waals surface area (Å²) < 4.78 is 15.2. The van der Waals surface area contributed by atoms with Crippen LogP contribution in [0.4, 0.5) is 4.39 Å². The van der Waals surface area contributed by atoms with E-state index in [0.717, 1.165) is 0 Å². The van der Waals surface area contributed by atoms with Crippen LogP contribution in [0.15, 0.2) is 52.2 Å². The van der Waals surface area contributed by atoms with Gasteiger partial charge in [-0.15, -0.1) is 0 Å². The SMILES string of the molecule is Cc1nc2ccccn2c1C(=O)N/N=C\c1ccc(F)c(Br)c1. The Morgan fingerprint density at radius 3 is 3.00 bits per heavy atom. The summed E-state index contributed by atoms with van der Waals surface area (Å²) >= 11 is 3.10. The van der Waals surface area contributed by atoms with Crippen molar-refractivity contribution in [1.29, 1.82) is 0 Å². The highest BCUT2D eigenvalue weighted by Gasteiger charge is 2.15. The topological polar surface area (TPSA) is 58.8 Å². The number of benzene rings is 1. The first-order chi connectivity index (χ1) is 11.1. The number of fused-ring (bicyclic) bond motifs is 1. The van der Waals surface area contributed by atoms with Crippen molar-refractivity contribution < 1.29 is 9.18 Å². The van der Waals surface area contributed by atoms with Crippen molar-refractivity contribution in [1.82, 2.24) is 14.8 Å². The van der Waals surface area contributed by atoms with Gasteiger partial charge in [0.15, 0.2) is 0 Å². The predicted molar refractivity (Wildman–Crippen MR) is 89.1 cm³/mol. The molecule has 2 heterocycles. The monoisotopic (exact) mass is 374 g/mol. The summed E-state index contributed by atoms with van der Waals surface area (Å²) in [6.07, 6.45) is 3.21. The summed E-state index contributed by atoms with van der Waals surface area (Å²) in [7, 11) is 0. The Kier molecular flexibility index (Phi) is 4.20. The maximum absolute atomic E-state index is 13.2. The van der Waals surface area contributed by atoms with E-state index in [-0.39, 0.29) is 11.7 Å². The van der Waals surface area contributed by atoms with E-state index in [1.807, 2.05) is 18.2 Å². The highest BCUT2D eigenvalue weighted by molar-refractivity contribution is 9.10. The molecule has 0 unspecified atom stereocenters. The fourth-order valence-electron chi connectivity index (χ4n) is 2.20. The van der Waals surface area contributed by atoms with Crippen LogP contribution < -0.4 is 5.43 Å². The molecule has 0 saturated carbocycles. The van der Waals surface area contributed by atoms with Gasteiger partial charge in [-0.2, -0.15) is 5.10 Å². The van der Waals surface area contributed by atoms with E-state index in [9.17, 15) is 9.18 Å². The fraction of sp³-hybridized carbons (Fsp3) is 0.0625. The van der Waals surface area contributed by atoms with E-state index in [0.29, 0.717) is 27.1 Å². The van der Waals surface area contributed by atoms with Crippen molar-refractivity contribution in [3.8, 4) is 0 Å². The zero-order valence-corrected chi connectivity index (χ0v) is 13.7. The Morgan fingerprint density at radius 2 is 2.22 bits per heavy atom. The van der Waals surface area contributed by atoms with Gasteiger partial charge in [0.2, 0.25) is 0 Å². The van der Waals surface area contributed by atoms with Crippen LogP contribution in [0.2, 0.25) is 0 Å². The quantitative estimate of drug-likeness (QED) is 0.564. The van der Waals surface area contributed by atoms with Crippen LogP contribution in [0.5, 0.6) is 0 Å². The zero-order valence-electron chi connectivity index (χ0n) is 12.1. The average Bonchev–Trinajstić information content (AvgIpc) is 2.86. The van der Waals surface area contributed by atoms with Crippen LogP contribution in [0.1, 0.15) is 21.7 Å². The summed E-state index contributed by atoms with van der Waals surface area (Å²) in [6, 6.07) is 9.96. The average molecular weight is 375 g/mol. The maximum atomic E-state index is 13.2. The highest BCUT2D eigenvalue weighted by Crippen LogP contribution is 2.16. The van der Waals surface area contributed by atoms with Gasteiger partial charge in [-0.1, -0.05) is 12.1 Å². The molecule has 0 spiro atoms. The summed E-state index contributed by atoms with van der Waals surface area (Å²) in [5.41, 5.74) is 4.87. The number of hydrazone groups is 1. The van der Waals surface area contributed by atoms with Crippen molar-refractivity contribution in [3.05, 3.63) is 69.8 Å². The summed E-state index contributed by atoms with van der Waals surface area (Å²) in [4.78, 5) is 16.6. The molecule has 0 saturated heterocycles. The third kappa shape index (κ3) is 3.14. The van der Waals surface area contributed by atoms with Crippen LogP contribution in [-0.2, 0) is 0 Å². The Hall–Kier alpha value is -2.54. The number of rotatable bonds is 3. The number of halogens is 2. The third-order valence-electron chi connectivity index (χ3n) is 3.24. The van der Waals surface area contributed by atoms with Crippen LogP contribution in [0.25, 0.3) is 5.65 Å². The van der Waals surface area contributed by atoms with E-state index >= 15 is 0 Å². The van der Waals surface area contributed by atoms with Gasteiger partial charge in [-0.25, -0.2) is 14.8 Å². The van der Waals surface area contributed by atoms with Gasteiger partial charge < -0.3 is 0 Å². The first-order valence-electron chi connectivity index (χ1n) is 6.78. The second-order valence-electron chi connectivity index (χ2n) is 4.85. The van der Waals surface area contributed by atoms with E-state index in [4.69, 9.17) is 0 Å². The van der Waals surface area contributed by atoms with Gasteiger partial charge in [0.05, 0.1) is 16.4 Å². The fourth-order valence-corrected chi connectivity index (χ4v) is 2.59. The third-order valence-corrected chi connectivity index (χ3v) is 3.85. The van der Waals surface area contributed by atoms with Gasteiger partial charge in [-0.05, 0) is 52.7 Å². The summed E-state index contributed by atoms with van der Waals surface area (Å²) in [5.74, 6) is -0.717. The summed E-state index contributed by atoms with van der Waals surface area (Å²) in [5, 5.41) is 3.91. The molecule has 0 radical (unpaired) electrons. The minimum absolute atomic E-state index is 0.338. The lowest BCUT2D eigenvalue weighted by molar-refractivity contribution is 0.0948. The molecular weight excluding hydrogens is 363 g/mol. The molecule has 0 aliphatic carbocycles. The highest BCUT2D eigenvalue weighted by atomic mass is 79.9. The lowest BCUT2D eigenvalue weighted by Gasteiger charge is -2.01. The number of amides is 1. The van der Waals surface area contributed by atoms with Crippen LogP contribution in [0.3, 0.4) is 0 Å². The lowest BCUT2D eigenvalue weighted by atomic mass is 10.2. The molecule has 2 aromatic heterocycles. The second-order valence-corrected chi connectivity index (χ2v) is 5.70. The number of imidazole rings is 1. The first-order valence-corrected chi connectivity index (χ1v) is 7.57. The molecule has 1 amide bonds. The molecule has 0 fully saturated rings. The number of aryl methyl sites for hydroxylation is 1. The number of hydrogen-bond donors (Lipinski definition) is 1. The van der Waals surface area contributed by atoms with Crippen LogP contribution in [-0.4, -0.2) is 21.5 Å². The molecule has 3 rings (SSSR count). The molecule has 3 aromatic rings. The van der Waals surface area contributed by atoms with Crippen molar-refractivity contribution >= 4 is 33.7 Å². The Bertz CT molecular complexity index is 920. The van der Waals surface area contributed by atoms with E-state index in [1.54, 1.807) is 29.7 Å². The smallest absolute Gasteiger partial charge is 0.290 e. The Balaban J connectivity index is 1.79. The molecule has 0 aliphatic heterocycles. The van der Waals surface area contributed by atoms with Crippen molar-refractivity contribution in [3.63, 3.8) is 0 Å². The van der Waals surface area contributed by atoms with Crippen molar-refractivity contribution in [2.75, 3.05) is 0 Å². The molecule has 5 nitrogen and oxygen atoms in total. The molecule has 116 valence electrons. The van der Waals surface area contributed by atoms with Gasteiger partial charge in [-0.3, -0.25) is 9.20 Å². The standard InChI is InChI=1S/C16H12BrFN4O/c1-10-15(22-7-3-2-4-14(22)20-10)16(23)21-19-9-11-5-6-13(18)12(17)8-11/h2-9H,1H3,(H,21,23)/b19-9-. The number of nitrogens with one attached hydrogen (secondary N) is 1. The normalized spacial score (nSPS) is 11.3. The number of pyridine rings is 1. The van der Waals surface area contributed by atoms with E-state index in [2.05, 4.69) is 31.4 Å². The molecule has 0 atom stereocenters. The Labute approximate surface area is 140 Å². The van der Waals surface area contributed by atoms with Gasteiger partial charge in [0.1, 0.15) is 17.2 Å². The molecule has 0 aliphatic rings. The molecular formula is C16H12BrFN4O. The van der Waals surface area contributed by atoms with Gasteiger partial charge >= 0.3 is 0 Å². The second kappa shape index (κ2) is 6.29. The van der Waals surface area contributed by atoms with Crippen LogP contribution >= 0.6 is 15.9 Å². The maximum Gasteiger partial charge on any atom is 0.290 e.